The van der Waals surface area contributed by atoms with Crippen LogP contribution in [0.25, 0.3) is 10.9 Å². The summed E-state index contributed by atoms with van der Waals surface area (Å²) in [5, 5.41) is 3.68. The lowest BCUT2D eigenvalue weighted by molar-refractivity contribution is -0.123. The van der Waals surface area contributed by atoms with Crippen LogP contribution in [-0.2, 0) is 11.8 Å². The smallest absolute Gasteiger partial charge is 0.258 e. The molecule has 5 heteroatoms. The number of nitrogens with one attached hydrogen (secondary N) is 1. The first-order valence-electron chi connectivity index (χ1n) is 6.66. The lowest BCUT2D eigenvalue weighted by Crippen LogP contribution is -2.30. The Kier molecular flexibility index (Phi) is 3.18. The number of hydrogen-bond acceptors (Lipinski definition) is 3. The molecule has 0 saturated heterocycles. The highest BCUT2D eigenvalue weighted by Crippen LogP contribution is 2.23. The molecule has 0 radical (unpaired) electrons. The minimum atomic E-state index is -0.152. The summed E-state index contributed by atoms with van der Waals surface area (Å²) in [4.78, 5) is 23.5. The molecule has 3 rings (SSSR count). The van der Waals surface area contributed by atoms with Gasteiger partial charge in [0.05, 0.1) is 5.52 Å². The second-order valence-corrected chi connectivity index (χ2v) is 5.05. The number of ether oxygens (including phenoxy) is 1. The topological polar surface area (TPSA) is 60.3 Å². The quantitative estimate of drug-likeness (QED) is 0.909. The Balaban J connectivity index is 1.85. The van der Waals surface area contributed by atoms with Crippen molar-refractivity contribution in [2.75, 3.05) is 6.61 Å². The first kappa shape index (κ1) is 12.7. The van der Waals surface area contributed by atoms with Crippen LogP contribution in [0.1, 0.15) is 12.8 Å². The van der Waals surface area contributed by atoms with E-state index in [0.29, 0.717) is 11.8 Å². The standard InChI is InChI=1S/C15H16N2O3/c1-17-12-5-3-2-4-11(12)13(8-15(17)19)20-9-14(18)16-10-6-7-10/h2-5,8,10H,6-7,9H2,1H3,(H,16,18). The summed E-state index contributed by atoms with van der Waals surface area (Å²) in [5.41, 5.74) is 0.638. The van der Waals surface area contributed by atoms with E-state index in [2.05, 4.69) is 5.32 Å². The number of fused-ring (bicyclic) bond motifs is 1. The summed E-state index contributed by atoms with van der Waals surface area (Å²) < 4.78 is 7.08. The molecular formula is C15H16N2O3. The fourth-order valence-corrected chi connectivity index (χ4v) is 2.14. The van der Waals surface area contributed by atoms with Gasteiger partial charge in [0.25, 0.3) is 11.5 Å². The van der Waals surface area contributed by atoms with E-state index in [9.17, 15) is 9.59 Å². The van der Waals surface area contributed by atoms with Gasteiger partial charge in [-0.3, -0.25) is 9.59 Å². The number of nitrogens with zero attached hydrogens (tertiary/aromatic N) is 1. The first-order valence-corrected chi connectivity index (χ1v) is 6.66. The Bertz CT molecular complexity index is 717. The van der Waals surface area contributed by atoms with Crippen molar-refractivity contribution in [3.05, 3.63) is 40.7 Å². The summed E-state index contributed by atoms with van der Waals surface area (Å²) in [6, 6.07) is 9.21. The Morgan fingerprint density at radius 2 is 2.15 bits per heavy atom. The molecule has 1 saturated carbocycles. The predicted molar refractivity (Wildman–Crippen MR) is 75.8 cm³/mol. The Morgan fingerprint density at radius 3 is 2.90 bits per heavy atom. The molecule has 1 fully saturated rings. The number of carbonyl (C=O) groups is 1. The largest absolute Gasteiger partial charge is 0.483 e. The van der Waals surface area contributed by atoms with E-state index >= 15 is 0 Å². The van der Waals surface area contributed by atoms with Gasteiger partial charge in [-0.05, 0) is 25.0 Å². The minimum Gasteiger partial charge on any atom is -0.483 e. The van der Waals surface area contributed by atoms with Crippen molar-refractivity contribution in [1.82, 2.24) is 9.88 Å². The Labute approximate surface area is 116 Å². The molecule has 0 spiro atoms. The number of pyridine rings is 1. The van der Waals surface area contributed by atoms with Crippen LogP contribution in [-0.4, -0.2) is 23.1 Å². The van der Waals surface area contributed by atoms with Crippen LogP contribution < -0.4 is 15.6 Å². The zero-order chi connectivity index (χ0) is 14.1. The molecule has 0 atom stereocenters. The third-order valence-electron chi connectivity index (χ3n) is 3.42. The highest BCUT2D eigenvalue weighted by Gasteiger charge is 2.23. The second-order valence-electron chi connectivity index (χ2n) is 5.05. The van der Waals surface area contributed by atoms with Gasteiger partial charge in [-0.1, -0.05) is 12.1 Å². The fourth-order valence-electron chi connectivity index (χ4n) is 2.14. The molecule has 0 unspecified atom stereocenters. The lowest BCUT2D eigenvalue weighted by Gasteiger charge is -2.11. The molecule has 0 bridgehead atoms. The van der Waals surface area contributed by atoms with E-state index in [1.54, 1.807) is 11.6 Å². The van der Waals surface area contributed by atoms with Crippen LogP contribution in [0.15, 0.2) is 35.1 Å². The first-order chi connectivity index (χ1) is 9.65. The van der Waals surface area contributed by atoms with Crippen LogP contribution in [0, 0.1) is 0 Å². The fraction of sp³-hybridized carbons (Fsp3) is 0.333. The summed E-state index contributed by atoms with van der Waals surface area (Å²) in [5.74, 6) is 0.312. The average molecular weight is 272 g/mol. The van der Waals surface area contributed by atoms with Crippen LogP contribution >= 0.6 is 0 Å². The van der Waals surface area contributed by atoms with Crippen molar-refractivity contribution in [2.45, 2.75) is 18.9 Å². The maximum atomic E-state index is 11.9. The maximum Gasteiger partial charge on any atom is 0.258 e. The highest BCUT2D eigenvalue weighted by molar-refractivity contribution is 5.86. The van der Waals surface area contributed by atoms with Gasteiger partial charge in [0.1, 0.15) is 5.75 Å². The van der Waals surface area contributed by atoms with Gasteiger partial charge >= 0.3 is 0 Å². The van der Waals surface area contributed by atoms with Gasteiger partial charge in [0, 0.05) is 24.5 Å². The normalized spacial score (nSPS) is 14.2. The van der Waals surface area contributed by atoms with Crippen LogP contribution in [0.4, 0.5) is 0 Å². The van der Waals surface area contributed by atoms with E-state index < -0.39 is 0 Å². The Hall–Kier alpha value is -2.30. The van der Waals surface area contributed by atoms with Crippen molar-refractivity contribution in [1.29, 1.82) is 0 Å². The predicted octanol–water partition coefficient (Wildman–Crippen LogP) is 1.20. The molecule has 1 aliphatic carbocycles. The zero-order valence-corrected chi connectivity index (χ0v) is 11.3. The van der Waals surface area contributed by atoms with Gasteiger partial charge in [-0.2, -0.15) is 0 Å². The number of aromatic nitrogens is 1. The van der Waals surface area contributed by atoms with Crippen molar-refractivity contribution in [2.24, 2.45) is 7.05 Å². The molecule has 0 aliphatic heterocycles. The summed E-state index contributed by atoms with van der Waals surface area (Å²) in [6.45, 7) is -0.0618. The molecule has 1 aromatic carbocycles. The number of aryl methyl sites for hydroxylation is 1. The van der Waals surface area contributed by atoms with Crippen molar-refractivity contribution in [3.8, 4) is 5.75 Å². The van der Waals surface area contributed by atoms with E-state index in [-0.39, 0.29) is 18.1 Å². The van der Waals surface area contributed by atoms with Crippen LogP contribution in [0.5, 0.6) is 5.75 Å². The zero-order valence-electron chi connectivity index (χ0n) is 11.3. The minimum absolute atomic E-state index is 0.0618. The molecular weight excluding hydrogens is 256 g/mol. The van der Waals surface area contributed by atoms with Crippen molar-refractivity contribution in [3.63, 3.8) is 0 Å². The molecule has 104 valence electrons. The third-order valence-corrected chi connectivity index (χ3v) is 3.42. The van der Waals surface area contributed by atoms with Crippen molar-refractivity contribution >= 4 is 16.8 Å². The number of benzene rings is 1. The molecule has 20 heavy (non-hydrogen) atoms. The molecule has 1 aromatic heterocycles. The monoisotopic (exact) mass is 272 g/mol. The molecule has 2 aromatic rings. The number of para-hydroxylation sites is 1. The summed E-state index contributed by atoms with van der Waals surface area (Å²) in [7, 11) is 1.72. The number of amides is 1. The molecule has 1 amide bonds. The second kappa shape index (κ2) is 5.00. The van der Waals surface area contributed by atoms with Gasteiger partial charge in [0.15, 0.2) is 6.61 Å². The maximum absolute atomic E-state index is 11.9. The van der Waals surface area contributed by atoms with Gasteiger partial charge in [-0.25, -0.2) is 0 Å². The number of carbonyl (C=O) groups excluding carboxylic acids is 1. The molecule has 5 nitrogen and oxygen atoms in total. The van der Waals surface area contributed by atoms with Gasteiger partial charge in [-0.15, -0.1) is 0 Å². The molecule has 1 N–H and O–H groups in total. The van der Waals surface area contributed by atoms with E-state index in [4.69, 9.17) is 4.74 Å². The van der Waals surface area contributed by atoms with Crippen LogP contribution in [0.2, 0.25) is 0 Å². The lowest BCUT2D eigenvalue weighted by atomic mass is 10.2. The number of rotatable bonds is 4. The van der Waals surface area contributed by atoms with Crippen molar-refractivity contribution < 1.29 is 9.53 Å². The van der Waals surface area contributed by atoms with Gasteiger partial charge in [0.2, 0.25) is 0 Å². The average Bonchev–Trinajstić information content (AvgIpc) is 3.25. The SMILES string of the molecule is Cn1c(=O)cc(OCC(=O)NC2CC2)c2ccccc21. The highest BCUT2D eigenvalue weighted by atomic mass is 16.5. The summed E-state index contributed by atoms with van der Waals surface area (Å²) in [6.07, 6.45) is 2.08. The molecule has 1 heterocycles. The van der Waals surface area contributed by atoms with E-state index in [1.807, 2.05) is 24.3 Å². The van der Waals surface area contributed by atoms with E-state index in [0.717, 1.165) is 23.7 Å². The third kappa shape index (κ3) is 2.52. The van der Waals surface area contributed by atoms with E-state index in [1.165, 1.54) is 6.07 Å². The Morgan fingerprint density at radius 1 is 1.40 bits per heavy atom. The van der Waals surface area contributed by atoms with Gasteiger partial charge < -0.3 is 14.6 Å². The summed E-state index contributed by atoms with van der Waals surface area (Å²) >= 11 is 0. The van der Waals surface area contributed by atoms with Crippen LogP contribution in [0.3, 0.4) is 0 Å². The number of hydrogen-bond donors (Lipinski definition) is 1. The molecule has 1 aliphatic rings.